The summed E-state index contributed by atoms with van der Waals surface area (Å²) in [5, 5.41) is 16.0. The van der Waals surface area contributed by atoms with Gasteiger partial charge in [-0.3, -0.25) is 4.79 Å². The van der Waals surface area contributed by atoms with E-state index < -0.39 is 5.91 Å². The number of para-hydroxylation sites is 2. The number of aromatic amines is 1. The second kappa shape index (κ2) is 10.6. The van der Waals surface area contributed by atoms with E-state index in [1.807, 2.05) is 79.0 Å². The molecule has 0 unspecified atom stereocenters. The van der Waals surface area contributed by atoms with E-state index in [0.717, 1.165) is 32.8 Å². The molecule has 1 amide bonds. The largest absolute Gasteiger partial charge is 0.488 e. The minimum absolute atomic E-state index is 0.0372. The van der Waals surface area contributed by atoms with Crippen LogP contribution in [0.15, 0.2) is 103 Å². The monoisotopic (exact) mass is 471 g/mol. The van der Waals surface area contributed by atoms with Crippen molar-refractivity contribution in [2.45, 2.75) is 13.0 Å². The predicted molar refractivity (Wildman–Crippen MR) is 143 cm³/mol. The quantitative estimate of drug-likeness (QED) is 0.210. The van der Waals surface area contributed by atoms with Gasteiger partial charge in [0.1, 0.15) is 24.0 Å². The number of ether oxygens (including phenoxy) is 1. The molecular weight excluding hydrogens is 446 g/mol. The average Bonchev–Trinajstić information content (AvgIpc) is 3.34. The molecule has 0 fully saturated rings. The van der Waals surface area contributed by atoms with E-state index in [1.54, 1.807) is 6.08 Å². The topological polar surface area (TPSA) is 77.9 Å². The zero-order valence-electron chi connectivity index (χ0n) is 19.7. The van der Waals surface area contributed by atoms with Crippen molar-refractivity contribution in [2.75, 3.05) is 6.54 Å². The van der Waals surface area contributed by atoms with Crippen LogP contribution in [0, 0.1) is 11.3 Å². The molecule has 0 aliphatic rings. The van der Waals surface area contributed by atoms with Crippen molar-refractivity contribution in [1.82, 2.24) is 10.3 Å². The number of nitriles is 1. The highest BCUT2D eigenvalue weighted by Crippen LogP contribution is 2.25. The Morgan fingerprint density at radius 2 is 1.64 bits per heavy atom. The highest BCUT2D eigenvalue weighted by Gasteiger charge is 2.12. The van der Waals surface area contributed by atoms with Crippen molar-refractivity contribution in [3.8, 4) is 11.8 Å². The lowest BCUT2D eigenvalue weighted by atomic mass is 10.1. The van der Waals surface area contributed by atoms with Crippen LogP contribution in [0.3, 0.4) is 0 Å². The summed E-state index contributed by atoms with van der Waals surface area (Å²) in [6.07, 6.45) is 4.21. The zero-order chi connectivity index (χ0) is 24.7. The van der Waals surface area contributed by atoms with E-state index >= 15 is 0 Å². The molecule has 2 N–H and O–H groups in total. The number of benzene rings is 4. The molecule has 5 rings (SSSR count). The van der Waals surface area contributed by atoms with E-state index in [-0.39, 0.29) is 5.57 Å². The number of H-pyrrole nitrogens is 1. The molecule has 1 heterocycles. The maximum absolute atomic E-state index is 12.8. The molecule has 0 bridgehead atoms. The Morgan fingerprint density at radius 3 is 2.53 bits per heavy atom. The number of fused-ring (bicyclic) bond motifs is 2. The van der Waals surface area contributed by atoms with Crippen molar-refractivity contribution in [1.29, 1.82) is 5.26 Å². The van der Waals surface area contributed by atoms with Crippen molar-refractivity contribution >= 4 is 33.7 Å². The number of carbonyl (C=O) groups is 1. The maximum Gasteiger partial charge on any atom is 0.261 e. The van der Waals surface area contributed by atoms with E-state index in [2.05, 4.69) is 34.6 Å². The summed E-state index contributed by atoms with van der Waals surface area (Å²) in [6.45, 7) is 0.809. The molecule has 0 aliphatic carbocycles. The fraction of sp³-hybridized carbons (Fsp3) is 0.0968. The molecule has 5 heteroatoms. The number of aromatic nitrogens is 1. The first-order chi connectivity index (χ1) is 17.7. The molecule has 0 aliphatic heterocycles. The summed E-state index contributed by atoms with van der Waals surface area (Å²) in [6, 6.07) is 31.8. The number of hydrogen-bond donors (Lipinski definition) is 2. The van der Waals surface area contributed by atoms with Gasteiger partial charge in [0.05, 0.1) is 0 Å². The lowest BCUT2D eigenvalue weighted by Crippen LogP contribution is -2.26. The lowest BCUT2D eigenvalue weighted by Gasteiger charge is -2.12. The average molecular weight is 472 g/mol. The van der Waals surface area contributed by atoms with E-state index in [4.69, 9.17) is 4.74 Å². The molecule has 0 saturated carbocycles. The van der Waals surface area contributed by atoms with Gasteiger partial charge in [-0.25, -0.2) is 0 Å². The molecule has 4 aromatic carbocycles. The van der Waals surface area contributed by atoms with Gasteiger partial charge in [-0.2, -0.15) is 5.26 Å². The summed E-state index contributed by atoms with van der Waals surface area (Å²) < 4.78 is 6.14. The minimum Gasteiger partial charge on any atom is -0.488 e. The van der Waals surface area contributed by atoms with Gasteiger partial charge in [-0.15, -0.1) is 0 Å². The first kappa shape index (κ1) is 22.9. The van der Waals surface area contributed by atoms with Crippen molar-refractivity contribution < 1.29 is 9.53 Å². The smallest absolute Gasteiger partial charge is 0.261 e. The molecular formula is C31H25N3O2. The van der Waals surface area contributed by atoms with Crippen LogP contribution in [0.4, 0.5) is 0 Å². The van der Waals surface area contributed by atoms with Crippen LogP contribution in [0.25, 0.3) is 27.8 Å². The van der Waals surface area contributed by atoms with Gasteiger partial charge in [0.25, 0.3) is 5.91 Å². The number of amides is 1. The lowest BCUT2D eigenvalue weighted by molar-refractivity contribution is -0.117. The highest BCUT2D eigenvalue weighted by atomic mass is 16.5. The van der Waals surface area contributed by atoms with Gasteiger partial charge < -0.3 is 15.0 Å². The predicted octanol–water partition coefficient (Wildman–Crippen LogP) is 6.17. The fourth-order valence-corrected chi connectivity index (χ4v) is 4.35. The number of nitrogens with one attached hydrogen (secondary N) is 2. The Balaban J connectivity index is 1.27. The second-order valence-electron chi connectivity index (χ2n) is 8.50. The first-order valence-corrected chi connectivity index (χ1v) is 11.9. The molecule has 0 spiro atoms. The Bertz CT molecular complexity index is 1600. The van der Waals surface area contributed by atoms with Crippen molar-refractivity contribution in [3.63, 3.8) is 0 Å². The third kappa shape index (κ3) is 4.98. The number of hydrogen-bond acceptors (Lipinski definition) is 3. The summed E-state index contributed by atoms with van der Waals surface area (Å²) >= 11 is 0. The molecule has 36 heavy (non-hydrogen) atoms. The maximum atomic E-state index is 12.8. The van der Waals surface area contributed by atoms with Gasteiger partial charge in [0.15, 0.2) is 0 Å². The molecule has 0 radical (unpaired) electrons. The zero-order valence-corrected chi connectivity index (χ0v) is 19.7. The minimum atomic E-state index is -0.402. The van der Waals surface area contributed by atoms with E-state index in [9.17, 15) is 10.1 Å². The Hall–Kier alpha value is -4.82. The van der Waals surface area contributed by atoms with Gasteiger partial charge in [0, 0.05) is 29.2 Å². The standard InChI is InChI=1S/C31H25N3O2/c32-19-26(31(35)33-17-16-24-20-34-29-14-5-4-13-28(24)29)18-23-9-2-6-15-30(23)36-21-25-11-7-10-22-8-1-3-12-27(22)25/h1-15,18,20,34H,16-17,21H2,(H,33,35)/b26-18-. The van der Waals surface area contributed by atoms with Crippen molar-refractivity contribution in [3.05, 3.63) is 119 Å². The van der Waals surface area contributed by atoms with Crippen LogP contribution < -0.4 is 10.1 Å². The van der Waals surface area contributed by atoms with Crippen LogP contribution in [0.5, 0.6) is 5.75 Å². The molecule has 0 saturated heterocycles. The van der Waals surface area contributed by atoms with Crippen LogP contribution in [0.2, 0.25) is 0 Å². The third-order valence-electron chi connectivity index (χ3n) is 6.20. The van der Waals surface area contributed by atoms with Gasteiger partial charge >= 0.3 is 0 Å². The normalized spacial score (nSPS) is 11.4. The summed E-state index contributed by atoms with van der Waals surface area (Å²) in [7, 11) is 0. The number of rotatable bonds is 8. The summed E-state index contributed by atoms with van der Waals surface area (Å²) in [4.78, 5) is 16.0. The highest BCUT2D eigenvalue weighted by molar-refractivity contribution is 6.02. The fourth-order valence-electron chi connectivity index (χ4n) is 4.35. The third-order valence-corrected chi connectivity index (χ3v) is 6.20. The Morgan fingerprint density at radius 1 is 0.889 bits per heavy atom. The Kier molecular flexibility index (Phi) is 6.77. The molecule has 5 nitrogen and oxygen atoms in total. The SMILES string of the molecule is N#C/C(=C/c1ccccc1OCc1cccc2ccccc12)C(=O)NCCc1c[nH]c2ccccc12. The number of carbonyl (C=O) groups excluding carboxylic acids is 1. The van der Waals surface area contributed by atoms with Gasteiger partial charge in [0.2, 0.25) is 0 Å². The van der Waals surface area contributed by atoms with Gasteiger partial charge in [-0.05, 0) is 46.5 Å². The van der Waals surface area contributed by atoms with Crippen LogP contribution in [0.1, 0.15) is 16.7 Å². The molecule has 176 valence electrons. The van der Waals surface area contributed by atoms with Crippen molar-refractivity contribution in [2.24, 2.45) is 0 Å². The van der Waals surface area contributed by atoms with Crippen LogP contribution >= 0.6 is 0 Å². The first-order valence-electron chi connectivity index (χ1n) is 11.9. The summed E-state index contributed by atoms with van der Waals surface area (Å²) in [5.74, 6) is 0.214. The second-order valence-corrected chi connectivity index (χ2v) is 8.50. The molecule has 1 aromatic heterocycles. The van der Waals surface area contributed by atoms with E-state index in [1.165, 1.54) is 0 Å². The number of nitrogens with zero attached hydrogens (tertiary/aromatic N) is 1. The summed E-state index contributed by atoms with van der Waals surface area (Å²) in [5.41, 5.74) is 3.98. The van der Waals surface area contributed by atoms with Crippen LogP contribution in [-0.4, -0.2) is 17.4 Å². The molecule has 5 aromatic rings. The van der Waals surface area contributed by atoms with E-state index in [0.29, 0.717) is 30.9 Å². The van der Waals surface area contributed by atoms with Gasteiger partial charge in [-0.1, -0.05) is 78.9 Å². The molecule has 0 atom stereocenters. The van der Waals surface area contributed by atoms with Crippen LogP contribution in [-0.2, 0) is 17.8 Å². The Labute approximate surface area is 209 Å².